The van der Waals surface area contributed by atoms with Gasteiger partial charge in [0.25, 0.3) is 0 Å². The third-order valence-corrected chi connectivity index (χ3v) is 4.63. The summed E-state index contributed by atoms with van der Waals surface area (Å²) in [5.41, 5.74) is 9.30. The van der Waals surface area contributed by atoms with Crippen molar-refractivity contribution in [1.29, 1.82) is 0 Å². The van der Waals surface area contributed by atoms with E-state index in [9.17, 15) is 9.59 Å². The van der Waals surface area contributed by atoms with Gasteiger partial charge >= 0.3 is 0 Å². The zero-order valence-electron chi connectivity index (χ0n) is 16.8. The molecule has 3 rings (SSSR count). The lowest BCUT2D eigenvalue weighted by atomic mass is 10.0. The number of aromatic nitrogens is 3. The Hall–Kier alpha value is -3.12. The number of nitrogens with two attached hydrogens (primary N) is 1. The zero-order chi connectivity index (χ0) is 20.8. The summed E-state index contributed by atoms with van der Waals surface area (Å²) in [7, 11) is 0. The molecule has 0 saturated heterocycles. The number of pyridine rings is 1. The van der Waals surface area contributed by atoms with Crippen molar-refractivity contribution in [1.82, 2.24) is 14.8 Å². The van der Waals surface area contributed by atoms with Crippen molar-refractivity contribution in [3.05, 3.63) is 77.4 Å². The number of carbonyl (C=O) groups excluding carboxylic acids is 2. The van der Waals surface area contributed by atoms with Crippen molar-refractivity contribution in [3.63, 3.8) is 0 Å². The molecular weight excluding hydrogens is 364 g/mol. The van der Waals surface area contributed by atoms with Crippen LogP contribution in [-0.2, 0) is 13.0 Å². The number of Topliss-reactive ketones (excluding diaryl/α,β-unsaturated/α-hetero) is 2. The van der Waals surface area contributed by atoms with E-state index < -0.39 is 0 Å². The number of benzene rings is 1. The average Bonchev–Trinajstić information content (AvgIpc) is 3.20. The third kappa shape index (κ3) is 5.45. The summed E-state index contributed by atoms with van der Waals surface area (Å²) >= 11 is 0. The maximum atomic E-state index is 12.5. The molecule has 3 aromatic rings. The highest BCUT2D eigenvalue weighted by molar-refractivity contribution is 5.98. The van der Waals surface area contributed by atoms with Gasteiger partial charge in [-0.25, -0.2) is 9.67 Å². The number of rotatable bonds is 9. The van der Waals surface area contributed by atoms with Gasteiger partial charge in [0.05, 0.1) is 11.9 Å². The molecule has 6 nitrogen and oxygen atoms in total. The number of nitrogens with zero attached hydrogens (tertiary/aromatic N) is 3. The van der Waals surface area contributed by atoms with E-state index in [1.807, 2.05) is 44.3 Å². The lowest BCUT2D eigenvalue weighted by molar-refractivity contribution is 0.0962. The number of carbonyl (C=O) groups is 2. The van der Waals surface area contributed by atoms with Gasteiger partial charge in [0.1, 0.15) is 11.4 Å². The van der Waals surface area contributed by atoms with Gasteiger partial charge in [0.15, 0.2) is 11.6 Å². The number of hydrogen-bond acceptors (Lipinski definition) is 5. The van der Waals surface area contributed by atoms with E-state index in [2.05, 4.69) is 10.1 Å². The largest absolute Gasteiger partial charge is 0.326 e. The molecule has 2 heterocycles. The van der Waals surface area contributed by atoms with E-state index in [1.165, 1.54) is 0 Å². The second kappa shape index (κ2) is 9.39. The molecule has 0 amide bonds. The predicted octanol–water partition coefficient (Wildman–Crippen LogP) is 3.77. The maximum absolute atomic E-state index is 12.5. The Bertz CT molecular complexity index is 990. The van der Waals surface area contributed by atoms with Crippen LogP contribution in [0.25, 0.3) is 5.69 Å². The van der Waals surface area contributed by atoms with E-state index in [1.54, 1.807) is 29.1 Å². The van der Waals surface area contributed by atoms with Crippen LogP contribution in [0.4, 0.5) is 0 Å². The third-order valence-electron chi connectivity index (χ3n) is 4.63. The molecule has 0 aliphatic rings. The van der Waals surface area contributed by atoms with Crippen LogP contribution in [0, 0.1) is 5.92 Å². The van der Waals surface area contributed by atoms with Crippen LogP contribution in [0.3, 0.4) is 0 Å². The fourth-order valence-corrected chi connectivity index (χ4v) is 3.02. The SMILES string of the molecule is CC(C)CC(=O)c1cccc(C(=O)CCc2cnn(-c3ccc(CN)cc3)c2)n1. The standard InChI is InChI=1S/C23H26N4O2/c1-16(2)12-23(29)21-5-3-4-20(26-21)22(28)11-8-18-14-25-27(15-18)19-9-6-17(13-24)7-10-19/h3-7,9-10,14-16H,8,11-13,24H2,1-2H3. The van der Waals surface area contributed by atoms with Crippen LogP contribution >= 0.6 is 0 Å². The van der Waals surface area contributed by atoms with Crippen molar-refractivity contribution in [2.75, 3.05) is 0 Å². The minimum atomic E-state index is -0.0794. The molecule has 1 aromatic carbocycles. The molecule has 0 aliphatic carbocycles. The van der Waals surface area contributed by atoms with Gasteiger partial charge in [-0.1, -0.05) is 32.0 Å². The quantitative estimate of drug-likeness (QED) is 0.562. The Labute approximate surface area is 170 Å². The first-order chi connectivity index (χ1) is 14.0. The van der Waals surface area contributed by atoms with Gasteiger partial charge < -0.3 is 5.73 Å². The summed E-state index contributed by atoms with van der Waals surface area (Å²) in [5, 5.41) is 4.37. The van der Waals surface area contributed by atoms with Gasteiger partial charge in [0.2, 0.25) is 0 Å². The first-order valence-electron chi connectivity index (χ1n) is 9.82. The highest BCUT2D eigenvalue weighted by Gasteiger charge is 2.14. The zero-order valence-corrected chi connectivity index (χ0v) is 16.8. The van der Waals surface area contributed by atoms with Gasteiger partial charge in [-0.3, -0.25) is 9.59 Å². The van der Waals surface area contributed by atoms with Crippen LogP contribution in [0.15, 0.2) is 54.9 Å². The monoisotopic (exact) mass is 390 g/mol. The topological polar surface area (TPSA) is 90.9 Å². The molecule has 0 aliphatic heterocycles. The number of hydrogen-bond donors (Lipinski definition) is 1. The van der Waals surface area contributed by atoms with Crippen LogP contribution in [-0.4, -0.2) is 26.3 Å². The predicted molar refractivity (Wildman–Crippen MR) is 112 cm³/mol. The summed E-state index contributed by atoms with van der Waals surface area (Å²) < 4.78 is 1.78. The van der Waals surface area contributed by atoms with Crippen molar-refractivity contribution in [2.45, 2.75) is 39.7 Å². The first kappa shape index (κ1) is 20.6. The Morgan fingerprint density at radius 3 is 2.34 bits per heavy atom. The molecule has 0 saturated carbocycles. The molecule has 6 heteroatoms. The minimum Gasteiger partial charge on any atom is -0.326 e. The van der Waals surface area contributed by atoms with Crippen LogP contribution in [0.1, 0.15) is 58.8 Å². The lowest BCUT2D eigenvalue weighted by Gasteiger charge is -2.05. The lowest BCUT2D eigenvalue weighted by Crippen LogP contribution is -2.10. The Morgan fingerprint density at radius 2 is 1.69 bits per heavy atom. The van der Waals surface area contributed by atoms with Gasteiger partial charge in [0, 0.05) is 25.6 Å². The Morgan fingerprint density at radius 1 is 1.00 bits per heavy atom. The second-order valence-electron chi connectivity index (χ2n) is 7.52. The molecular formula is C23H26N4O2. The number of aryl methyl sites for hydroxylation is 1. The molecule has 0 atom stereocenters. The normalized spacial score (nSPS) is 11.0. The van der Waals surface area contributed by atoms with E-state index in [0.717, 1.165) is 16.8 Å². The molecule has 2 N–H and O–H groups in total. The summed E-state index contributed by atoms with van der Waals surface area (Å²) in [6.07, 6.45) is 4.98. The van der Waals surface area contributed by atoms with E-state index in [0.29, 0.717) is 37.2 Å². The Kier molecular flexibility index (Phi) is 6.67. The van der Waals surface area contributed by atoms with Crippen molar-refractivity contribution < 1.29 is 9.59 Å². The molecule has 0 spiro atoms. The molecule has 2 aromatic heterocycles. The van der Waals surface area contributed by atoms with Crippen molar-refractivity contribution in [2.24, 2.45) is 11.7 Å². The fraction of sp³-hybridized carbons (Fsp3) is 0.304. The smallest absolute Gasteiger partial charge is 0.181 e. The minimum absolute atomic E-state index is 0.0309. The fourth-order valence-electron chi connectivity index (χ4n) is 3.02. The van der Waals surface area contributed by atoms with E-state index in [-0.39, 0.29) is 17.5 Å². The van der Waals surface area contributed by atoms with Crippen LogP contribution in [0.5, 0.6) is 0 Å². The van der Waals surface area contributed by atoms with E-state index >= 15 is 0 Å². The highest BCUT2D eigenvalue weighted by atomic mass is 16.1. The summed E-state index contributed by atoms with van der Waals surface area (Å²) in [6.45, 7) is 4.48. The van der Waals surface area contributed by atoms with Gasteiger partial charge in [-0.05, 0) is 47.7 Å². The number of ketones is 2. The molecule has 29 heavy (non-hydrogen) atoms. The summed E-state index contributed by atoms with van der Waals surface area (Å²) in [5.74, 6) is 0.146. The second-order valence-corrected chi connectivity index (χ2v) is 7.52. The summed E-state index contributed by atoms with van der Waals surface area (Å²) in [6, 6.07) is 12.9. The summed E-state index contributed by atoms with van der Waals surface area (Å²) in [4.78, 5) is 29.0. The van der Waals surface area contributed by atoms with Crippen LogP contribution < -0.4 is 5.73 Å². The van der Waals surface area contributed by atoms with E-state index in [4.69, 9.17) is 5.73 Å². The highest BCUT2D eigenvalue weighted by Crippen LogP contribution is 2.13. The van der Waals surface area contributed by atoms with Crippen molar-refractivity contribution >= 4 is 11.6 Å². The van der Waals surface area contributed by atoms with Crippen molar-refractivity contribution in [3.8, 4) is 5.69 Å². The van der Waals surface area contributed by atoms with Gasteiger partial charge in [-0.15, -0.1) is 0 Å². The average molecular weight is 390 g/mol. The molecule has 0 fully saturated rings. The molecule has 0 radical (unpaired) electrons. The Balaban J connectivity index is 1.62. The molecule has 0 bridgehead atoms. The maximum Gasteiger partial charge on any atom is 0.181 e. The molecule has 0 unspecified atom stereocenters. The molecule has 150 valence electrons. The van der Waals surface area contributed by atoms with Gasteiger partial charge in [-0.2, -0.15) is 5.10 Å². The first-order valence-corrected chi connectivity index (χ1v) is 9.82. The van der Waals surface area contributed by atoms with Crippen LogP contribution in [0.2, 0.25) is 0 Å².